The Morgan fingerprint density at radius 3 is 2.53 bits per heavy atom. The number of carbonyl (C=O) groups is 1. The zero-order valence-electron chi connectivity index (χ0n) is 20.5. The van der Waals surface area contributed by atoms with Gasteiger partial charge in [-0.15, -0.1) is 0 Å². The van der Waals surface area contributed by atoms with Crippen LogP contribution in [-0.4, -0.2) is 47.5 Å². The SMILES string of the molecule is CC(C)(C)CC1NC(C(=O)NCCC(O)CO)C(c2cccc(Cl)c2F)C1(N)c1ccc(Cl)cc1Cl. The van der Waals surface area contributed by atoms with Crippen molar-refractivity contribution in [3.8, 4) is 0 Å². The molecule has 10 heteroatoms. The monoisotopic (exact) mass is 559 g/mol. The molecule has 36 heavy (non-hydrogen) atoms. The molecule has 1 aliphatic rings. The largest absolute Gasteiger partial charge is 0.394 e. The van der Waals surface area contributed by atoms with Crippen LogP contribution < -0.4 is 16.4 Å². The molecule has 3 rings (SSSR count). The second kappa shape index (κ2) is 11.5. The third-order valence-corrected chi connectivity index (χ3v) is 7.45. The minimum atomic E-state index is -1.31. The lowest BCUT2D eigenvalue weighted by molar-refractivity contribution is -0.123. The highest BCUT2D eigenvalue weighted by Crippen LogP contribution is 2.50. The van der Waals surface area contributed by atoms with Gasteiger partial charge in [0.2, 0.25) is 5.91 Å². The van der Waals surface area contributed by atoms with E-state index in [0.717, 1.165) is 0 Å². The van der Waals surface area contributed by atoms with Gasteiger partial charge in [-0.1, -0.05) is 73.8 Å². The minimum Gasteiger partial charge on any atom is -0.394 e. The van der Waals surface area contributed by atoms with Gasteiger partial charge < -0.3 is 26.6 Å². The van der Waals surface area contributed by atoms with Crippen molar-refractivity contribution in [1.82, 2.24) is 10.6 Å². The highest BCUT2D eigenvalue weighted by Gasteiger charge is 2.58. The molecule has 0 aliphatic carbocycles. The van der Waals surface area contributed by atoms with E-state index >= 15 is 4.39 Å². The number of benzene rings is 2. The van der Waals surface area contributed by atoms with Gasteiger partial charge in [-0.05, 0) is 47.6 Å². The normalized spacial score (nSPS) is 25.1. The van der Waals surface area contributed by atoms with E-state index in [4.69, 9.17) is 45.6 Å². The Hall–Kier alpha value is -1.45. The van der Waals surface area contributed by atoms with E-state index in [2.05, 4.69) is 31.4 Å². The number of nitrogens with two attached hydrogens (primary N) is 1. The first kappa shape index (κ1) is 29.1. The minimum absolute atomic E-state index is 0.0819. The fourth-order valence-electron chi connectivity index (χ4n) is 4.97. The van der Waals surface area contributed by atoms with Crippen LogP contribution >= 0.6 is 34.8 Å². The van der Waals surface area contributed by atoms with E-state index in [0.29, 0.717) is 22.0 Å². The molecule has 0 aromatic heterocycles. The second-order valence-corrected chi connectivity index (χ2v) is 11.8. The van der Waals surface area contributed by atoms with Crippen LogP contribution in [0.15, 0.2) is 36.4 Å². The average molecular weight is 561 g/mol. The van der Waals surface area contributed by atoms with E-state index in [1.165, 1.54) is 6.07 Å². The molecular formula is C26H33Cl3FN3O3. The molecule has 6 N–H and O–H groups in total. The molecule has 0 radical (unpaired) electrons. The van der Waals surface area contributed by atoms with E-state index in [1.54, 1.807) is 30.3 Å². The van der Waals surface area contributed by atoms with Crippen LogP contribution in [0.3, 0.4) is 0 Å². The number of aliphatic hydroxyl groups excluding tert-OH is 2. The highest BCUT2D eigenvalue weighted by molar-refractivity contribution is 6.35. The first-order valence-corrected chi connectivity index (χ1v) is 12.9. The Labute approximate surface area is 226 Å². The molecule has 1 fully saturated rings. The molecule has 0 saturated carbocycles. The molecule has 5 unspecified atom stereocenters. The topological polar surface area (TPSA) is 108 Å². The number of aliphatic hydroxyl groups is 2. The van der Waals surface area contributed by atoms with Crippen LogP contribution in [0.25, 0.3) is 0 Å². The van der Waals surface area contributed by atoms with Crippen LogP contribution in [0, 0.1) is 11.2 Å². The Balaban J connectivity index is 2.17. The quantitative estimate of drug-likeness (QED) is 0.330. The van der Waals surface area contributed by atoms with Crippen molar-refractivity contribution in [3.63, 3.8) is 0 Å². The van der Waals surface area contributed by atoms with E-state index < -0.39 is 48.0 Å². The summed E-state index contributed by atoms with van der Waals surface area (Å²) in [6, 6.07) is 8.19. The van der Waals surface area contributed by atoms with Crippen LogP contribution in [0.1, 0.15) is 50.7 Å². The van der Waals surface area contributed by atoms with Crippen LogP contribution in [0.5, 0.6) is 0 Å². The number of hydrogen-bond acceptors (Lipinski definition) is 5. The van der Waals surface area contributed by atoms with Crippen molar-refractivity contribution in [2.45, 2.75) is 63.3 Å². The molecule has 1 saturated heterocycles. The number of halogens is 4. The van der Waals surface area contributed by atoms with Gasteiger partial charge in [0.15, 0.2) is 0 Å². The summed E-state index contributed by atoms with van der Waals surface area (Å²) < 4.78 is 15.5. The summed E-state index contributed by atoms with van der Waals surface area (Å²) in [6.45, 7) is 5.86. The van der Waals surface area contributed by atoms with E-state index in [1.807, 2.05) is 0 Å². The lowest BCUT2D eigenvalue weighted by atomic mass is 9.68. The number of amides is 1. The maximum absolute atomic E-state index is 15.5. The van der Waals surface area contributed by atoms with Crippen molar-refractivity contribution in [1.29, 1.82) is 0 Å². The number of carbonyl (C=O) groups excluding carboxylic acids is 1. The molecule has 1 amide bonds. The molecule has 198 valence electrons. The highest BCUT2D eigenvalue weighted by atomic mass is 35.5. The Morgan fingerprint density at radius 1 is 1.22 bits per heavy atom. The summed E-state index contributed by atoms with van der Waals surface area (Å²) in [4.78, 5) is 13.5. The molecule has 6 nitrogen and oxygen atoms in total. The molecule has 2 aromatic carbocycles. The maximum atomic E-state index is 15.5. The lowest BCUT2D eigenvalue weighted by Gasteiger charge is -2.40. The average Bonchev–Trinajstić information content (AvgIpc) is 3.06. The fourth-order valence-corrected chi connectivity index (χ4v) is 5.72. The van der Waals surface area contributed by atoms with Gasteiger partial charge in [0.05, 0.1) is 29.3 Å². The summed E-state index contributed by atoms with van der Waals surface area (Å²) in [7, 11) is 0. The van der Waals surface area contributed by atoms with Crippen LogP contribution in [-0.2, 0) is 10.3 Å². The van der Waals surface area contributed by atoms with E-state index in [9.17, 15) is 9.90 Å². The molecule has 0 spiro atoms. The summed E-state index contributed by atoms with van der Waals surface area (Å²) in [5.41, 5.74) is 6.46. The van der Waals surface area contributed by atoms with Gasteiger partial charge >= 0.3 is 0 Å². The molecule has 0 bridgehead atoms. The molecular weight excluding hydrogens is 528 g/mol. The van der Waals surface area contributed by atoms with Crippen LogP contribution in [0.4, 0.5) is 4.39 Å². The molecule has 1 heterocycles. The van der Waals surface area contributed by atoms with Crippen LogP contribution in [0.2, 0.25) is 15.1 Å². The number of hydrogen-bond donors (Lipinski definition) is 5. The molecule has 5 atom stereocenters. The first-order valence-electron chi connectivity index (χ1n) is 11.8. The zero-order valence-corrected chi connectivity index (χ0v) is 22.8. The van der Waals surface area contributed by atoms with Gasteiger partial charge in [0, 0.05) is 28.5 Å². The smallest absolute Gasteiger partial charge is 0.237 e. The van der Waals surface area contributed by atoms with Crippen molar-refractivity contribution >= 4 is 40.7 Å². The van der Waals surface area contributed by atoms with Gasteiger partial charge in [-0.3, -0.25) is 4.79 Å². The third-order valence-electron chi connectivity index (χ3n) is 6.61. The Morgan fingerprint density at radius 2 is 1.92 bits per heavy atom. The van der Waals surface area contributed by atoms with E-state index in [-0.39, 0.29) is 29.0 Å². The molecule has 2 aromatic rings. The zero-order chi connectivity index (χ0) is 26.8. The maximum Gasteiger partial charge on any atom is 0.237 e. The Kier molecular flexibility index (Phi) is 9.31. The predicted molar refractivity (Wildman–Crippen MR) is 142 cm³/mol. The third kappa shape index (κ3) is 6.16. The van der Waals surface area contributed by atoms with Gasteiger partial charge in [-0.2, -0.15) is 0 Å². The summed E-state index contributed by atoms with van der Waals surface area (Å²) in [6.07, 6.45) is -0.250. The van der Waals surface area contributed by atoms with Crippen molar-refractivity contribution < 1.29 is 19.4 Å². The van der Waals surface area contributed by atoms with Crippen molar-refractivity contribution in [3.05, 3.63) is 68.4 Å². The van der Waals surface area contributed by atoms with Gasteiger partial charge in [0.1, 0.15) is 5.82 Å². The number of nitrogens with one attached hydrogen (secondary N) is 2. The molecule has 1 aliphatic heterocycles. The second-order valence-electron chi connectivity index (χ2n) is 10.6. The first-order chi connectivity index (χ1) is 16.8. The predicted octanol–water partition coefficient (Wildman–Crippen LogP) is 4.36. The van der Waals surface area contributed by atoms with Crippen molar-refractivity contribution in [2.75, 3.05) is 13.2 Å². The number of rotatable bonds is 8. The lowest BCUT2D eigenvalue weighted by Crippen LogP contribution is -2.52. The van der Waals surface area contributed by atoms with Gasteiger partial charge in [-0.25, -0.2) is 4.39 Å². The summed E-state index contributed by atoms with van der Waals surface area (Å²) in [5, 5.41) is 25.5. The Bertz CT molecular complexity index is 1100. The van der Waals surface area contributed by atoms with Gasteiger partial charge in [0.25, 0.3) is 0 Å². The van der Waals surface area contributed by atoms with Crippen molar-refractivity contribution in [2.24, 2.45) is 11.1 Å². The summed E-state index contributed by atoms with van der Waals surface area (Å²) >= 11 is 19.0. The standard InChI is InChI=1S/C26H33Cl3FN3O3/c1-25(2,3)12-20-26(31,17-8-7-14(27)11-19(17)29)21(16-5-4-6-18(28)22(16)30)23(33-20)24(36)32-10-9-15(35)13-34/h4-8,11,15,20-21,23,33-35H,9-10,12-13,31H2,1-3H3,(H,32,36). The summed E-state index contributed by atoms with van der Waals surface area (Å²) in [5.74, 6) is -1.96. The fraction of sp³-hybridized carbons (Fsp3) is 0.500.